The second kappa shape index (κ2) is 4.09. The minimum atomic E-state index is -0.0931. The molecule has 3 nitrogen and oxygen atoms in total. The first-order valence-corrected chi connectivity index (χ1v) is 5.56. The molecule has 1 N–H and O–H groups in total. The lowest BCUT2D eigenvalue weighted by molar-refractivity contribution is 0.0854. The third kappa shape index (κ3) is 2.41. The molecule has 0 saturated heterocycles. The summed E-state index contributed by atoms with van der Waals surface area (Å²) >= 11 is 0. The van der Waals surface area contributed by atoms with E-state index in [4.69, 9.17) is 4.42 Å². The van der Waals surface area contributed by atoms with Crippen LogP contribution < -0.4 is 5.32 Å². The fourth-order valence-corrected chi connectivity index (χ4v) is 2.20. The van der Waals surface area contributed by atoms with E-state index in [0.717, 1.165) is 12.8 Å². The lowest BCUT2D eigenvalue weighted by Crippen LogP contribution is -2.47. The van der Waals surface area contributed by atoms with E-state index in [0.29, 0.717) is 5.76 Å². The molecule has 1 saturated carbocycles. The van der Waals surface area contributed by atoms with Crippen molar-refractivity contribution < 1.29 is 9.21 Å². The summed E-state index contributed by atoms with van der Waals surface area (Å²) in [4.78, 5) is 11.8. The SMILES string of the molecule is CC1(NC(=O)c2ccco2)CCCCC1. The molecule has 0 unspecified atom stereocenters. The summed E-state index contributed by atoms with van der Waals surface area (Å²) in [6.07, 6.45) is 7.35. The Morgan fingerprint density at radius 2 is 2.13 bits per heavy atom. The van der Waals surface area contributed by atoms with Gasteiger partial charge in [0, 0.05) is 5.54 Å². The second-order valence-corrected chi connectivity index (χ2v) is 4.55. The van der Waals surface area contributed by atoms with Crippen molar-refractivity contribution in [3.8, 4) is 0 Å². The highest BCUT2D eigenvalue weighted by Gasteiger charge is 2.29. The summed E-state index contributed by atoms with van der Waals surface area (Å²) in [7, 11) is 0. The molecule has 0 aliphatic heterocycles. The summed E-state index contributed by atoms with van der Waals surface area (Å²) in [6.45, 7) is 2.12. The first kappa shape index (κ1) is 10.3. The van der Waals surface area contributed by atoms with Crippen molar-refractivity contribution in [1.82, 2.24) is 5.32 Å². The Morgan fingerprint density at radius 3 is 2.73 bits per heavy atom. The van der Waals surface area contributed by atoms with Crippen LogP contribution in [0.3, 0.4) is 0 Å². The van der Waals surface area contributed by atoms with Crippen LogP contribution in [0.5, 0.6) is 0 Å². The number of furan rings is 1. The monoisotopic (exact) mass is 207 g/mol. The molecule has 1 fully saturated rings. The predicted molar refractivity (Wildman–Crippen MR) is 57.7 cm³/mol. The highest BCUT2D eigenvalue weighted by atomic mass is 16.3. The maximum atomic E-state index is 11.8. The van der Waals surface area contributed by atoms with E-state index in [9.17, 15) is 4.79 Å². The molecule has 0 spiro atoms. The maximum Gasteiger partial charge on any atom is 0.287 e. The molecule has 0 atom stereocenters. The molecule has 1 aliphatic rings. The van der Waals surface area contributed by atoms with Crippen LogP contribution in [-0.2, 0) is 0 Å². The number of hydrogen-bond donors (Lipinski definition) is 1. The smallest absolute Gasteiger partial charge is 0.287 e. The van der Waals surface area contributed by atoms with Crippen LogP contribution in [0.25, 0.3) is 0 Å². The first-order valence-electron chi connectivity index (χ1n) is 5.56. The lowest BCUT2D eigenvalue weighted by atomic mass is 9.83. The van der Waals surface area contributed by atoms with Crippen LogP contribution in [0.2, 0.25) is 0 Å². The molecule has 0 bridgehead atoms. The van der Waals surface area contributed by atoms with E-state index >= 15 is 0 Å². The minimum absolute atomic E-state index is 0.0396. The van der Waals surface area contributed by atoms with Crippen molar-refractivity contribution in [2.75, 3.05) is 0 Å². The van der Waals surface area contributed by atoms with Gasteiger partial charge in [0.2, 0.25) is 0 Å². The molecule has 0 aromatic carbocycles. The Labute approximate surface area is 89.9 Å². The number of carbonyl (C=O) groups is 1. The summed E-state index contributed by atoms with van der Waals surface area (Å²) in [5.41, 5.74) is -0.0396. The summed E-state index contributed by atoms with van der Waals surface area (Å²) in [5.74, 6) is 0.311. The van der Waals surface area contributed by atoms with Gasteiger partial charge in [-0.2, -0.15) is 0 Å². The van der Waals surface area contributed by atoms with E-state index in [1.165, 1.54) is 25.5 Å². The molecule has 82 valence electrons. The van der Waals surface area contributed by atoms with Gasteiger partial charge in [-0.05, 0) is 31.9 Å². The summed E-state index contributed by atoms with van der Waals surface area (Å²) in [6, 6.07) is 3.43. The molecular formula is C12H17NO2. The van der Waals surface area contributed by atoms with Gasteiger partial charge in [-0.15, -0.1) is 0 Å². The quantitative estimate of drug-likeness (QED) is 0.810. The Hall–Kier alpha value is -1.25. The highest BCUT2D eigenvalue weighted by Crippen LogP contribution is 2.27. The van der Waals surface area contributed by atoms with Gasteiger partial charge in [-0.25, -0.2) is 0 Å². The van der Waals surface area contributed by atoms with Crippen molar-refractivity contribution in [2.45, 2.75) is 44.6 Å². The molecule has 1 heterocycles. The van der Waals surface area contributed by atoms with Gasteiger partial charge in [0.25, 0.3) is 5.91 Å². The van der Waals surface area contributed by atoms with Crippen molar-refractivity contribution in [3.05, 3.63) is 24.2 Å². The molecule has 1 aromatic rings. The molecule has 1 aliphatic carbocycles. The van der Waals surface area contributed by atoms with Crippen LogP contribution in [-0.4, -0.2) is 11.4 Å². The molecule has 3 heteroatoms. The fraction of sp³-hybridized carbons (Fsp3) is 0.583. The molecule has 2 rings (SSSR count). The standard InChI is InChI=1S/C12H17NO2/c1-12(7-3-2-4-8-12)13-11(14)10-6-5-9-15-10/h5-6,9H,2-4,7-8H2,1H3,(H,13,14). The van der Waals surface area contributed by atoms with Crippen molar-refractivity contribution in [2.24, 2.45) is 0 Å². The van der Waals surface area contributed by atoms with E-state index in [2.05, 4.69) is 12.2 Å². The lowest BCUT2D eigenvalue weighted by Gasteiger charge is -2.34. The average Bonchev–Trinajstić information content (AvgIpc) is 2.70. The number of hydrogen-bond acceptors (Lipinski definition) is 2. The van der Waals surface area contributed by atoms with Crippen LogP contribution in [0.1, 0.15) is 49.6 Å². The topological polar surface area (TPSA) is 42.2 Å². The van der Waals surface area contributed by atoms with Gasteiger partial charge in [0.15, 0.2) is 5.76 Å². The molecular weight excluding hydrogens is 190 g/mol. The van der Waals surface area contributed by atoms with Gasteiger partial charge in [0.1, 0.15) is 0 Å². The Bertz CT molecular complexity index is 323. The van der Waals surface area contributed by atoms with Gasteiger partial charge < -0.3 is 9.73 Å². The summed E-state index contributed by atoms with van der Waals surface area (Å²) in [5, 5.41) is 3.06. The molecule has 1 amide bonds. The zero-order chi connectivity index (χ0) is 10.7. The molecule has 1 aromatic heterocycles. The highest BCUT2D eigenvalue weighted by molar-refractivity contribution is 5.91. The Morgan fingerprint density at radius 1 is 1.40 bits per heavy atom. The maximum absolute atomic E-state index is 11.8. The number of amides is 1. The van der Waals surface area contributed by atoms with Crippen LogP contribution in [0.15, 0.2) is 22.8 Å². The number of rotatable bonds is 2. The third-order valence-electron chi connectivity index (χ3n) is 3.12. The van der Waals surface area contributed by atoms with Gasteiger partial charge in [-0.3, -0.25) is 4.79 Å². The van der Waals surface area contributed by atoms with Crippen molar-refractivity contribution >= 4 is 5.91 Å². The van der Waals surface area contributed by atoms with Gasteiger partial charge >= 0.3 is 0 Å². The summed E-state index contributed by atoms with van der Waals surface area (Å²) < 4.78 is 5.07. The third-order valence-corrected chi connectivity index (χ3v) is 3.12. The second-order valence-electron chi connectivity index (χ2n) is 4.55. The van der Waals surface area contributed by atoms with Crippen LogP contribution in [0, 0.1) is 0 Å². The van der Waals surface area contributed by atoms with E-state index in [1.54, 1.807) is 12.1 Å². The minimum Gasteiger partial charge on any atom is -0.459 e. The predicted octanol–water partition coefficient (Wildman–Crippen LogP) is 2.73. The number of carbonyl (C=O) groups excluding carboxylic acids is 1. The zero-order valence-electron chi connectivity index (χ0n) is 9.08. The Kier molecular flexibility index (Phi) is 2.80. The van der Waals surface area contributed by atoms with Gasteiger partial charge in [-0.1, -0.05) is 19.3 Å². The van der Waals surface area contributed by atoms with Crippen molar-refractivity contribution in [3.63, 3.8) is 0 Å². The molecule has 0 radical (unpaired) electrons. The first-order chi connectivity index (χ1) is 7.20. The van der Waals surface area contributed by atoms with Gasteiger partial charge in [0.05, 0.1) is 6.26 Å². The fourth-order valence-electron chi connectivity index (χ4n) is 2.20. The van der Waals surface area contributed by atoms with E-state index in [1.807, 2.05) is 0 Å². The average molecular weight is 207 g/mol. The molecule has 15 heavy (non-hydrogen) atoms. The zero-order valence-corrected chi connectivity index (χ0v) is 9.08. The normalized spacial score (nSPS) is 19.8. The van der Waals surface area contributed by atoms with Crippen LogP contribution >= 0.6 is 0 Å². The van der Waals surface area contributed by atoms with E-state index < -0.39 is 0 Å². The van der Waals surface area contributed by atoms with Crippen molar-refractivity contribution in [1.29, 1.82) is 0 Å². The van der Waals surface area contributed by atoms with E-state index in [-0.39, 0.29) is 11.4 Å². The van der Waals surface area contributed by atoms with Crippen LogP contribution in [0.4, 0.5) is 0 Å². The Balaban J connectivity index is 1.98. The largest absolute Gasteiger partial charge is 0.459 e. The number of nitrogens with one attached hydrogen (secondary N) is 1.